The SMILES string of the molecule is Cc1cccc(-c2noc([C@@H](C)NC(=O)N3CC(N4CCCCC4)C3)n2)c1. The van der Waals surface area contributed by atoms with Gasteiger partial charge in [0.25, 0.3) is 0 Å². The molecule has 2 saturated heterocycles. The summed E-state index contributed by atoms with van der Waals surface area (Å²) in [5, 5.41) is 7.02. The summed E-state index contributed by atoms with van der Waals surface area (Å²) < 4.78 is 5.37. The zero-order chi connectivity index (χ0) is 18.8. The number of aromatic nitrogens is 2. The third-order valence-electron chi connectivity index (χ3n) is 5.48. The molecule has 2 aromatic rings. The van der Waals surface area contributed by atoms with E-state index in [1.54, 1.807) is 0 Å². The molecule has 0 saturated carbocycles. The molecule has 1 aromatic heterocycles. The Balaban J connectivity index is 1.30. The number of likely N-dealkylation sites (tertiary alicyclic amines) is 2. The van der Waals surface area contributed by atoms with Gasteiger partial charge in [0.1, 0.15) is 6.04 Å². The van der Waals surface area contributed by atoms with E-state index in [1.165, 1.54) is 32.4 Å². The fraction of sp³-hybridized carbons (Fsp3) is 0.550. The first-order valence-electron chi connectivity index (χ1n) is 9.80. The Bertz CT molecular complexity index is 793. The van der Waals surface area contributed by atoms with Crippen LogP contribution in [-0.2, 0) is 0 Å². The van der Waals surface area contributed by atoms with E-state index in [2.05, 4.69) is 20.4 Å². The molecule has 0 unspecified atom stereocenters. The van der Waals surface area contributed by atoms with E-state index in [0.29, 0.717) is 17.8 Å². The summed E-state index contributed by atoms with van der Waals surface area (Å²) in [4.78, 5) is 21.3. The second kappa shape index (κ2) is 7.68. The molecule has 0 spiro atoms. The van der Waals surface area contributed by atoms with Crippen LogP contribution in [0.2, 0.25) is 0 Å². The van der Waals surface area contributed by atoms with Crippen molar-refractivity contribution in [3.8, 4) is 11.4 Å². The molecule has 1 atom stereocenters. The molecular weight excluding hydrogens is 342 g/mol. The zero-order valence-electron chi connectivity index (χ0n) is 16.0. The second-order valence-corrected chi connectivity index (χ2v) is 7.65. The highest BCUT2D eigenvalue weighted by atomic mass is 16.5. The quantitative estimate of drug-likeness (QED) is 0.897. The van der Waals surface area contributed by atoms with Gasteiger partial charge in [0.15, 0.2) is 0 Å². The summed E-state index contributed by atoms with van der Waals surface area (Å²) in [6.45, 7) is 7.83. The molecule has 144 valence electrons. The van der Waals surface area contributed by atoms with E-state index in [4.69, 9.17) is 4.52 Å². The number of nitrogens with zero attached hydrogens (tertiary/aromatic N) is 4. The van der Waals surface area contributed by atoms with Crippen molar-refractivity contribution in [2.75, 3.05) is 26.2 Å². The van der Waals surface area contributed by atoms with Crippen LogP contribution >= 0.6 is 0 Å². The van der Waals surface area contributed by atoms with Gasteiger partial charge in [0, 0.05) is 24.7 Å². The first-order valence-corrected chi connectivity index (χ1v) is 9.80. The molecule has 1 N–H and O–H groups in total. The molecule has 0 aliphatic carbocycles. The number of hydrogen-bond acceptors (Lipinski definition) is 5. The lowest BCUT2D eigenvalue weighted by Gasteiger charge is -2.46. The summed E-state index contributed by atoms with van der Waals surface area (Å²) in [7, 11) is 0. The van der Waals surface area contributed by atoms with Crippen LogP contribution in [0.3, 0.4) is 0 Å². The van der Waals surface area contributed by atoms with Crippen molar-refractivity contribution in [2.24, 2.45) is 0 Å². The Hall–Kier alpha value is -2.41. The molecule has 1 aromatic carbocycles. The van der Waals surface area contributed by atoms with Crippen LogP contribution in [0.4, 0.5) is 4.79 Å². The normalized spacial score (nSPS) is 19.6. The largest absolute Gasteiger partial charge is 0.337 e. The van der Waals surface area contributed by atoms with E-state index in [1.807, 2.05) is 43.0 Å². The monoisotopic (exact) mass is 369 g/mol. The Morgan fingerprint density at radius 2 is 2.04 bits per heavy atom. The fourth-order valence-electron chi connectivity index (χ4n) is 3.79. The first kappa shape index (κ1) is 18.0. The van der Waals surface area contributed by atoms with E-state index < -0.39 is 0 Å². The van der Waals surface area contributed by atoms with Gasteiger partial charge in [0.2, 0.25) is 11.7 Å². The van der Waals surface area contributed by atoms with Gasteiger partial charge in [-0.1, -0.05) is 35.3 Å². The van der Waals surface area contributed by atoms with E-state index in [9.17, 15) is 4.79 Å². The average molecular weight is 369 g/mol. The summed E-state index contributed by atoms with van der Waals surface area (Å²) in [5.74, 6) is 0.969. The number of carbonyl (C=O) groups is 1. The maximum absolute atomic E-state index is 12.5. The minimum atomic E-state index is -0.322. The first-order chi connectivity index (χ1) is 13.1. The number of benzene rings is 1. The number of amides is 2. The fourth-order valence-corrected chi connectivity index (χ4v) is 3.79. The highest BCUT2D eigenvalue weighted by Crippen LogP contribution is 2.22. The van der Waals surface area contributed by atoms with Crippen LogP contribution in [0.25, 0.3) is 11.4 Å². The van der Waals surface area contributed by atoms with Gasteiger partial charge in [-0.25, -0.2) is 4.79 Å². The number of carbonyl (C=O) groups excluding carboxylic acids is 1. The molecule has 0 bridgehead atoms. The van der Waals surface area contributed by atoms with Crippen molar-refractivity contribution < 1.29 is 9.32 Å². The number of hydrogen-bond donors (Lipinski definition) is 1. The predicted octanol–water partition coefficient (Wildman–Crippen LogP) is 2.99. The number of piperidine rings is 1. The average Bonchev–Trinajstić information content (AvgIpc) is 3.12. The molecule has 7 nitrogen and oxygen atoms in total. The topological polar surface area (TPSA) is 74.5 Å². The van der Waals surface area contributed by atoms with E-state index >= 15 is 0 Å². The molecular formula is C20H27N5O2. The molecule has 2 fully saturated rings. The lowest BCUT2D eigenvalue weighted by atomic mass is 10.0. The number of nitrogens with one attached hydrogen (secondary N) is 1. The van der Waals surface area contributed by atoms with Gasteiger partial charge < -0.3 is 14.7 Å². The van der Waals surface area contributed by atoms with Crippen LogP contribution in [-0.4, -0.2) is 58.2 Å². The lowest BCUT2D eigenvalue weighted by molar-refractivity contribution is 0.0440. The molecule has 2 aliphatic heterocycles. The Labute approximate surface area is 159 Å². The Morgan fingerprint density at radius 1 is 1.26 bits per heavy atom. The zero-order valence-corrected chi connectivity index (χ0v) is 16.0. The van der Waals surface area contributed by atoms with Gasteiger partial charge in [-0.15, -0.1) is 0 Å². The minimum Gasteiger partial charge on any atom is -0.337 e. The van der Waals surface area contributed by atoms with Gasteiger partial charge in [0.05, 0.1) is 0 Å². The van der Waals surface area contributed by atoms with Crippen LogP contribution in [0.5, 0.6) is 0 Å². The lowest BCUT2D eigenvalue weighted by Crippen LogP contribution is -2.63. The van der Waals surface area contributed by atoms with Crippen LogP contribution in [0.15, 0.2) is 28.8 Å². The number of aryl methyl sites for hydroxylation is 1. The highest BCUT2D eigenvalue weighted by Gasteiger charge is 2.35. The number of urea groups is 1. The molecule has 0 radical (unpaired) electrons. The molecule has 2 aliphatic rings. The summed E-state index contributed by atoms with van der Waals surface area (Å²) in [6.07, 6.45) is 3.89. The molecule has 7 heteroatoms. The maximum Gasteiger partial charge on any atom is 0.318 e. The summed E-state index contributed by atoms with van der Waals surface area (Å²) in [6, 6.07) is 8.09. The summed E-state index contributed by atoms with van der Waals surface area (Å²) in [5.41, 5.74) is 2.05. The molecule has 27 heavy (non-hydrogen) atoms. The van der Waals surface area contributed by atoms with Gasteiger partial charge in [-0.3, -0.25) is 4.90 Å². The molecule has 3 heterocycles. The Kier molecular flexibility index (Phi) is 5.11. The van der Waals surface area contributed by atoms with Crippen LogP contribution in [0, 0.1) is 6.92 Å². The maximum atomic E-state index is 12.5. The van der Waals surface area contributed by atoms with Crippen molar-refractivity contribution in [2.45, 2.75) is 45.2 Å². The van der Waals surface area contributed by atoms with Crippen molar-refractivity contribution in [3.63, 3.8) is 0 Å². The van der Waals surface area contributed by atoms with Crippen molar-refractivity contribution in [1.82, 2.24) is 25.3 Å². The summed E-state index contributed by atoms with van der Waals surface area (Å²) >= 11 is 0. The Morgan fingerprint density at radius 3 is 2.78 bits per heavy atom. The van der Waals surface area contributed by atoms with Gasteiger partial charge in [-0.2, -0.15) is 4.98 Å². The van der Waals surface area contributed by atoms with Crippen molar-refractivity contribution in [1.29, 1.82) is 0 Å². The van der Waals surface area contributed by atoms with Crippen LogP contribution in [0.1, 0.15) is 43.7 Å². The second-order valence-electron chi connectivity index (χ2n) is 7.65. The van der Waals surface area contributed by atoms with Crippen molar-refractivity contribution >= 4 is 6.03 Å². The predicted molar refractivity (Wildman–Crippen MR) is 102 cm³/mol. The third-order valence-corrected chi connectivity index (χ3v) is 5.48. The number of rotatable bonds is 4. The minimum absolute atomic E-state index is 0.0638. The standard InChI is InChI=1S/C20H27N5O2/c1-14-7-6-8-16(11-14)18-22-19(27-23-18)15(2)21-20(26)25-12-17(13-25)24-9-4-3-5-10-24/h6-8,11,15,17H,3-5,9-10,12-13H2,1-2H3,(H,21,26)/t15-/m1/s1. The van der Waals surface area contributed by atoms with Crippen LogP contribution < -0.4 is 5.32 Å². The van der Waals surface area contributed by atoms with E-state index in [0.717, 1.165) is 24.2 Å². The smallest absolute Gasteiger partial charge is 0.318 e. The molecule has 2 amide bonds. The van der Waals surface area contributed by atoms with E-state index in [-0.39, 0.29) is 12.1 Å². The highest BCUT2D eigenvalue weighted by molar-refractivity contribution is 5.75. The molecule has 4 rings (SSSR count). The van der Waals surface area contributed by atoms with Gasteiger partial charge in [-0.05, 0) is 45.8 Å². The third kappa shape index (κ3) is 3.98. The van der Waals surface area contributed by atoms with Crippen molar-refractivity contribution in [3.05, 3.63) is 35.7 Å². The van der Waals surface area contributed by atoms with Gasteiger partial charge >= 0.3 is 6.03 Å².